The van der Waals surface area contributed by atoms with E-state index in [1.54, 1.807) is 24.4 Å². The maximum atomic E-state index is 12.1. The fourth-order valence-electron chi connectivity index (χ4n) is 1.88. The van der Waals surface area contributed by atoms with Crippen molar-refractivity contribution in [1.29, 1.82) is 0 Å². The van der Waals surface area contributed by atoms with E-state index in [1.807, 2.05) is 12.1 Å². The molecule has 0 aliphatic carbocycles. The zero-order chi connectivity index (χ0) is 13.9. The summed E-state index contributed by atoms with van der Waals surface area (Å²) in [6, 6.07) is 8.86. The molecule has 0 saturated carbocycles. The molecule has 2 aromatic rings. The number of carbonyl (C=O) groups excluding carboxylic acids is 1. The molecule has 3 N–H and O–H groups in total. The van der Waals surface area contributed by atoms with Crippen LogP contribution in [0.2, 0.25) is 0 Å². The minimum atomic E-state index is -0.711. The Balaban J connectivity index is 1.72. The molecule has 1 aliphatic heterocycles. The third kappa shape index (κ3) is 2.35. The van der Waals surface area contributed by atoms with E-state index < -0.39 is 6.10 Å². The first-order valence-corrected chi connectivity index (χ1v) is 6.13. The summed E-state index contributed by atoms with van der Waals surface area (Å²) < 4.78 is 11.1. The predicted molar refractivity (Wildman–Crippen MR) is 73.6 cm³/mol. The number of para-hydroxylation sites is 2. The van der Waals surface area contributed by atoms with Crippen LogP contribution in [0.25, 0.3) is 0 Å². The quantitative estimate of drug-likeness (QED) is 0.863. The van der Waals surface area contributed by atoms with Crippen molar-refractivity contribution < 1.29 is 14.3 Å². The van der Waals surface area contributed by atoms with Crippen LogP contribution in [0.5, 0.6) is 11.5 Å². The summed E-state index contributed by atoms with van der Waals surface area (Å²) in [5, 5.41) is 2.70. The van der Waals surface area contributed by atoms with E-state index >= 15 is 0 Å². The number of hydrogen-bond donors (Lipinski definition) is 2. The molecule has 1 aliphatic rings. The van der Waals surface area contributed by atoms with E-state index in [9.17, 15) is 4.79 Å². The smallest absolute Gasteiger partial charge is 0.269 e. The minimum absolute atomic E-state index is 0.161. The lowest BCUT2D eigenvalue weighted by molar-refractivity contribution is -0.125. The second-order valence-corrected chi connectivity index (χ2v) is 4.32. The molecule has 20 heavy (non-hydrogen) atoms. The van der Waals surface area contributed by atoms with E-state index in [2.05, 4.69) is 10.3 Å². The first-order chi connectivity index (χ1) is 9.74. The summed E-state index contributed by atoms with van der Waals surface area (Å²) in [5.41, 5.74) is 6.63. The number of fused-ring (bicyclic) bond motifs is 1. The number of ether oxygens (including phenoxy) is 2. The molecular weight excluding hydrogens is 258 g/mol. The van der Waals surface area contributed by atoms with Gasteiger partial charge in [-0.15, -0.1) is 0 Å². The Bertz CT molecular complexity index is 645. The van der Waals surface area contributed by atoms with Crippen molar-refractivity contribution in [2.75, 3.05) is 17.7 Å². The van der Waals surface area contributed by atoms with E-state index in [0.29, 0.717) is 22.9 Å². The van der Waals surface area contributed by atoms with Gasteiger partial charge < -0.3 is 20.5 Å². The van der Waals surface area contributed by atoms with E-state index in [1.165, 1.54) is 6.20 Å². The van der Waals surface area contributed by atoms with Gasteiger partial charge in [0, 0.05) is 6.20 Å². The summed E-state index contributed by atoms with van der Waals surface area (Å²) in [5.74, 6) is 0.888. The molecule has 1 aromatic carbocycles. The monoisotopic (exact) mass is 271 g/mol. The zero-order valence-corrected chi connectivity index (χ0v) is 10.6. The van der Waals surface area contributed by atoms with Gasteiger partial charge in [0.2, 0.25) is 6.10 Å². The van der Waals surface area contributed by atoms with Crippen LogP contribution in [0.1, 0.15) is 0 Å². The standard InChI is InChI=1S/C14H13N3O3/c15-9-7-16-6-5-10(9)17-14(18)13-8-19-11-3-1-2-4-12(11)20-13/h1-7,13H,8,15H2,(H,16,17,18). The van der Waals surface area contributed by atoms with Crippen LogP contribution in [-0.2, 0) is 4.79 Å². The lowest BCUT2D eigenvalue weighted by atomic mass is 10.2. The maximum Gasteiger partial charge on any atom is 0.269 e. The average Bonchev–Trinajstić information content (AvgIpc) is 2.49. The van der Waals surface area contributed by atoms with E-state index in [0.717, 1.165) is 0 Å². The zero-order valence-electron chi connectivity index (χ0n) is 10.6. The molecule has 102 valence electrons. The molecular formula is C14H13N3O3. The van der Waals surface area contributed by atoms with Crippen molar-refractivity contribution in [1.82, 2.24) is 4.98 Å². The molecule has 1 aromatic heterocycles. The second-order valence-electron chi connectivity index (χ2n) is 4.32. The minimum Gasteiger partial charge on any atom is -0.485 e. The van der Waals surface area contributed by atoms with Gasteiger partial charge in [-0.05, 0) is 18.2 Å². The fraction of sp³-hybridized carbons (Fsp3) is 0.143. The highest BCUT2D eigenvalue weighted by Gasteiger charge is 2.27. The van der Waals surface area contributed by atoms with Crippen LogP contribution in [0.4, 0.5) is 11.4 Å². The fourth-order valence-corrected chi connectivity index (χ4v) is 1.88. The molecule has 0 saturated heterocycles. The number of pyridine rings is 1. The molecule has 1 atom stereocenters. The Kier molecular flexibility index (Phi) is 3.12. The van der Waals surface area contributed by atoms with Crippen molar-refractivity contribution in [3.63, 3.8) is 0 Å². The summed E-state index contributed by atoms with van der Waals surface area (Å²) in [6.07, 6.45) is 2.32. The summed E-state index contributed by atoms with van der Waals surface area (Å²) in [6.45, 7) is 0.161. The molecule has 0 bridgehead atoms. The first-order valence-electron chi connectivity index (χ1n) is 6.13. The number of aromatic nitrogens is 1. The number of nitrogen functional groups attached to an aromatic ring is 1. The highest BCUT2D eigenvalue weighted by Crippen LogP contribution is 2.31. The van der Waals surface area contributed by atoms with Gasteiger partial charge in [0.1, 0.15) is 6.61 Å². The first kappa shape index (κ1) is 12.3. The second kappa shape index (κ2) is 5.08. The van der Waals surface area contributed by atoms with E-state index in [4.69, 9.17) is 15.2 Å². The van der Waals surface area contributed by atoms with Crippen LogP contribution in [-0.4, -0.2) is 23.6 Å². The molecule has 6 heteroatoms. The van der Waals surface area contributed by atoms with Gasteiger partial charge in [0.05, 0.1) is 17.6 Å². The Morgan fingerprint density at radius 1 is 1.30 bits per heavy atom. The van der Waals surface area contributed by atoms with Gasteiger partial charge in [-0.3, -0.25) is 9.78 Å². The number of hydrogen-bond acceptors (Lipinski definition) is 5. The van der Waals surface area contributed by atoms with Crippen molar-refractivity contribution >= 4 is 17.3 Å². The van der Waals surface area contributed by atoms with Crippen molar-refractivity contribution in [2.24, 2.45) is 0 Å². The SMILES string of the molecule is Nc1cnccc1NC(=O)C1COc2ccccc2O1. The van der Waals surface area contributed by atoms with Gasteiger partial charge in [0.25, 0.3) is 5.91 Å². The number of nitrogens with zero attached hydrogens (tertiary/aromatic N) is 1. The Hall–Kier alpha value is -2.76. The number of nitrogens with two attached hydrogens (primary N) is 1. The van der Waals surface area contributed by atoms with Gasteiger partial charge in [-0.2, -0.15) is 0 Å². The molecule has 1 amide bonds. The lowest BCUT2D eigenvalue weighted by Gasteiger charge is -2.25. The molecule has 0 spiro atoms. The number of carbonyl (C=O) groups is 1. The van der Waals surface area contributed by atoms with Crippen molar-refractivity contribution in [3.05, 3.63) is 42.7 Å². The number of amides is 1. The van der Waals surface area contributed by atoms with Gasteiger partial charge >= 0.3 is 0 Å². The maximum absolute atomic E-state index is 12.1. The van der Waals surface area contributed by atoms with Crippen LogP contribution in [0, 0.1) is 0 Å². The van der Waals surface area contributed by atoms with Crippen molar-refractivity contribution in [2.45, 2.75) is 6.10 Å². The van der Waals surface area contributed by atoms with Crippen LogP contribution < -0.4 is 20.5 Å². The van der Waals surface area contributed by atoms with Crippen LogP contribution >= 0.6 is 0 Å². The Labute approximate surface area is 115 Å². The molecule has 1 unspecified atom stereocenters. The highest BCUT2D eigenvalue weighted by molar-refractivity contribution is 5.97. The van der Waals surface area contributed by atoms with Crippen molar-refractivity contribution in [3.8, 4) is 11.5 Å². The summed E-state index contributed by atoms with van der Waals surface area (Å²) in [7, 11) is 0. The van der Waals surface area contributed by atoms with Gasteiger partial charge in [-0.1, -0.05) is 12.1 Å². The van der Waals surface area contributed by atoms with Gasteiger partial charge in [0.15, 0.2) is 11.5 Å². The molecule has 6 nitrogen and oxygen atoms in total. The third-order valence-electron chi connectivity index (χ3n) is 2.91. The molecule has 2 heterocycles. The topological polar surface area (TPSA) is 86.5 Å². The van der Waals surface area contributed by atoms with Gasteiger partial charge in [-0.25, -0.2) is 0 Å². The Morgan fingerprint density at radius 2 is 2.10 bits per heavy atom. The number of benzene rings is 1. The number of anilines is 2. The van der Waals surface area contributed by atoms with Crippen LogP contribution in [0.15, 0.2) is 42.7 Å². The van der Waals surface area contributed by atoms with E-state index in [-0.39, 0.29) is 12.5 Å². The highest BCUT2D eigenvalue weighted by atomic mass is 16.6. The summed E-state index contributed by atoms with van der Waals surface area (Å²) in [4.78, 5) is 16.0. The molecule has 0 radical (unpaired) electrons. The number of rotatable bonds is 2. The molecule has 0 fully saturated rings. The third-order valence-corrected chi connectivity index (χ3v) is 2.91. The average molecular weight is 271 g/mol. The normalized spacial score (nSPS) is 16.5. The number of nitrogens with one attached hydrogen (secondary N) is 1. The lowest BCUT2D eigenvalue weighted by Crippen LogP contribution is -2.40. The summed E-state index contributed by atoms with van der Waals surface area (Å²) >= 11 is 0. The predicted octanol–water partition coefficient (Wildman–Crippen LogP) is 1.44. The largest absolute Gasteiger partial charge is 0.485 e. The van der Waals surface area contributed by atoms with Crippen LogP contribution in [0.3, 0.4) is 0 Å². The Morgan fingerprint density at radius 3 is 2.90 bits per heavy atom. The molecule has 3 rings (SSSR count).